The molecule has 0 aliphatic carbocycles. The van der Waals surface area contributed by atoms with Gasteiger partial charge < -0.3 is 0 Å². The minimum absolute atomic E-state index is 0.810. The highest BCUT2D eigenvalue weighted by Gasteiger charge is 1.86. The highest BCUT2D eigenvalue weighted by atomic mass is 35.5. The first kappa shape index (κ1) is 5.71. The zero-order valence-electron chi connectivity index (χ0n) is 2.71. The Morgan fingerprint density at radius 3 is 2.17 bits per heavy atom. The van der Waals surface area contributed by atoms with E-state index < -0.39 is 5.63 Å². The molecular formula is C3HClF2. The topological polar surface area (TPSA) is 0 Å². The summed E-state index contributed by atoms with van der Waals surface area (Å²) >= 11 is 4.50. The molecule has 0 aromatic carbocycles. The molecule has 6 heavy (non-hydrogen) atoms. The summed E-state index contributed by atoms with van der Waals surface area (Å²) in [4.78, 5) is 0. The number of rotatable bonds is 0. The maximum absolute atomic E-state index is 11.1. The van der Waals surface area contributed by atoms with E-state index in [1.165, 1.54) is 5.92 Å². The van der Waals surface area contributed by atoms with Gasteiger partial charge in [0.1, 0.15) is 6.17 Å². The smallest absolute Gasteiger partial charge is 0.215 e. The van der Waals surface area contributed by atoms with Crippen molar-refractivity contribution in [3.63, 3.8) is 0 Å². The first-order valence-corrected chi connectivity index (χ1v) is 1.60. The molecule has 0 bridgehead atoms. The van der Waals surface area contributed by atoms with Gasteiger partial charge in [-0.05, 0) is 5.92 Å². The Hall–Kier alpha value is -0.290. The largest absolute Gasteiger partial charge is 0.236 e. The van der Waals surface area contributed by atoms with Crippen LogP contribution in [0.2, 0.25) is 0 Å². The van der Waals surface area contributed by atoms with Gasteiger partial charge in [-0.3, -0.25) is 0 Å². The van der Waals surface area contributed by atoms with E-state index in [4.69, 9.17) is 0 Å². The molecule has 0 aromatic heterocycles. The molecule has 1 atom stereocenters. The third-order valence-corrected chi connectivity index (χ3v) is 0.273. The van der Waals surface area contributed by atoms with Crippen molar-refractivity contribution < 1.29 is 8.78 Å². The monoisotopic (exact) mass is 110 g/mol. The van der Waals surface area contributed by atoms with Crippen LogP contribution >= 0.6 is 11.6 Å². The summed E-state index contributed by atoms with van der Waals surface area (Å²) in [5.74, 6) is 1.39. The van der Waals surface area contributed by atoms with Crippen molar-refractivity contribution in [1.82, 2.24) is 0 Å². The van der Waals surface area contributed by atoms with Crippen LogP contribution in [-0.4, -0.2) is 5.63 Å². The number of hydrogen-bond acceptors (Lipinski definition) is 0. The van der Waals surface area contributed by atoms with E-state index >= 15 is 0 Å². The summed E-state index contributed by atoms with van der Waals surface area (Å²) in [7, 11) is 0. The molecule has 0 saturated carbocycles. The van der Waals surface area contributed by atoms with Crippen LogP contribution in [0.1, 0.15) is 0 Å². The molecule has 0 aromatic rings. The van der Waals surface area contributed by atoms with Gasteiger partial charge in [0.15, 0.2) is 0 Å². The standard InChI is InChI=1S/C3HClF2/c4-3(6)1-2-5/h3H. The lowest BCUT2D eigenvalue weighted by Gasteiger charge is -1.73. The predicted molar refractivity (Wildman–Crippen MR) is 19.6 cm³/mol. The van der Waals surface area contributed by atoms with Crippen molar-refractivity contribution >= 4 is 11.6 Å². The Bertz CT molecular complexity index is 78.5. The Morgan fingerprint density at radius 1 is 1.67 bits per heavy atom. The van der Waals surface area contributed by atoms with Crippen LogP contribution in [0.25, 0.3) is 0 Å². The summed E-state index contributed by atoms with van der Waals surface area (Å²) in [6, 6.07) is 0. The maximum Gasteiger partial charge on any atom is 0.236 e. The average molecular weight is 110 g/mol. The molecular weight excluding hydrogens is 109 g/mol. The van der Waals surface area contributed by atoms with Gasteiger partial charge in [0, 0.05) is 0 Å². The average Bonchev–Trinajstić information content (AvgIpc) is 1.35. The molecule has 0 spiro atoms. The molecule has 0 heterocycles. The lowest BCUT2D eigenvalue weighted by atomic mass is 10.8. The number of alkyl halides is 2. The quantitative estimate of drug-likeness (QED) is 0.327. The Kier molecular flexibility index (Phi) is 2.78. The second kappa shape index (κ2) is 2.92. The summed E-state index contributed by atoms with van der Waals surface area (Å²) in [6.07, 6.45) is 0.810. The van der Waals surface area contributed by atoms with E-state index in [-0.39, 0.29) is 0 Å². The molecule has 0 fully saturated rings. The van der Waals surface area contributed by atoms with Gasteiger partial charge in [0.05, 0.1) is 0 Å². The normalized spacial score (nSPS) is 11.8. The van der Waals surface area contributed by atoms with Crippen LogP contribution in [-0.2, 0) is 0 Å². The summed E-state index contributed by atoms with van der Waals surface area (Å²) < 4.78 is 21.6. The van der Waals surface area contributed by atoms with E-state index in [0.717, 1.165) is 6.17 Å². The van der Waals surface area contributed by atoms with Gasteiger partial charge in [-0.2, -0.15) is 0 Å². The molecule has 0 amide bonds. The van der Waals surface area contributed by atoms with Crippen molar-refractivity contribution in [3.8, 4) is 12.1 Å². The fourth-order valence-corrected chi connectivity index (χ4v) is 0.0825. The lowest BCUT2D eigenvalue weighted by molar-refractivity contribution is 0.522. The van der Waals surface area contributed by atoms with Gasteiger partial charge in [-0.25, -0.2) is 4.39 Å². The van der Waals surface area contributed by atoms with Crippen molar-refractivity contribution in [3.05, 3.63) is 0 Å². The first-order valence-electron chi connectivity index (χ1n) is 1.16. The Labute approximate surface area is 39.1 Å². The predicted octanol–water partition coefficient (Wildman–Crippen LogP) is 1.45. The van der Waals surface area contributed by atoms with E-state index in [1.807, 2.05) is 0 Å². The minimum Gasteiger partial charge on any atom is -0.215 e. The lowest BCUT2D eigenvalue weighted by Crippen LogP contribution is -1.75. The zero-order valence-corrected chi connectivity index (χ0v) is 3.47. The first-order chi connectivity index (χ1) is 2.77. The molecule has 0 rings (SSSR count). The fraction of sp³-hybridized carbons (Fsp3) is 0.333. The highest BCUT2D eigenvalue weighted by molar-refractivity contribution is 6.21. The summed E-state index contributed by atoms with van der Waals surface area (Å²) in [5.41, 5.74) is -1.87. The zero-order chi connectivity index (χ0) is 4.99. The van der Waals surface area contributed by atoms with Crippen LogP contribution in [0.15, 0.2) is 0 Å². The number of hydrogen-bond donors (Lipinski definition) is 0. The van der Waals surface area contributed by atoms with Crippen LogP contribution < -0.4 is 0 Å². The van der Waals surface area contributed by atoms with Gasteiger partial charge in [-0.1, -0.05) is 11.6 Å². The van der Waals surface area contributed by atoms with Gasteiger partial charge >= 0.3 is 0 Å². The van der Waals surface area contributed by atoms with E-state index in [1.54, 1.807) is 0 Å². The van der Waals surface area contributed by atoms with Crippen LogP contribution in [0.4, 0.5) is 8.78 Å². The molecule has 0 N–H and O–H groups in total. The van der Waals surface area contributed by atoms with Crippen LogP contribution in [0.3, 0.4) is 0 Å². The molecule has 0 nitrogen and oxygen atoms in total. The fourth-order valence-electron chi connectivity index (χ4n) is 0.0412. The molecule has 0 aliphatic rings. The van der Waals surface area contributed by atoms with Crippen LogP contribution in [0, 0.1) is 12.1 Å². The van der Waals surface area contributed by atoms with E-state index in [0.29, 0.717) is 0 Å². The van der Waals surface area contributed by atoms with Crippen molar-refractivity contribution in [2.75, 3.05) is 0 Å². The Balaban J connectivity index is 3.20. The maximum atomic E-state index is 11.1. The molecule has 3 heteroatoms. The Morgan fingerprint density at radius 2 is 2.17 bits per heavy atom. The second-order valence-electron chi connectivity index (χ2n) is 0.540. The highest BCUT2D eigenvalue weighted by Crippen LogP contribution is 1.91. The molecule has 1 unspecified atom stereocenters. The minimum atomic E-state index is -1.87. The SMILES string of the molecule is FC#CC(F)Cl. The molecule has 0 saturated heterocycles. The molecule has 0 radical (unpaired) electrons. The summed E-state index contributed by atoms with van der Waals surface area (Å²) in [6.45, 7) is 0. The summed E-state index contributed by atoms with van der Waals surface area (Å²) in [5, 5.41) is 0. The van der Waals surface area contributed by atoms with E-state index in [9.17, 15) is 8.78 Å². The van der Waals surface area contributed by atoms with E-state index in [2.05, 4.69) is 11.6 Å². The third kappa shape index (κ3) is 3.71. The van der Waals surface area contributed by atoms with Crippen molar-refractivity contribution in [2.24, 2.45) is 0 Å². The second-order valence-corrected chi connectivity index (χ2v) is 0.923. The van der Waals surface area contributed by atoms with Crippen molar-refractivity contribution in [1.29, 1.82) is 0 Å². The third-order valence-electron chi connectivity index (χ3n) is 0.164. The van der Waals surface area contributed by atoms with Gasteiger partial charge in [-0.15, -0.1) is 4.39 Å². The molecule has 0 aliphatic heterocycles. The van der Waals surface area contributed by atoms with Gasteiger partial charge in [0.2, 0.25) is 5.63 Å². The molecule has 34 valence electrons. The van der Waals surface area contributed by atoms with Crippen molar-refractivity contribution in [2.45, 2.75) is 5.63 Å². The van der Waals surface area contributed by atoms with Gasteiger partial charge in [0.25, 0.3) is 0 Å². The van der Waals surface area contributed by atoms with Crippen LogP contribution in [0.5, 0.6) is 0 Å². The number of halogens is 3.